The van der Waals surface area contributed by atoms with Crippen LogP contribution in [-0.2, 0) is 16.6 Å². The first-order valence-electron chi connectivity index (χ1n) is 5.81. The molecule has 0 aliphatic carbocycles. The second-order valence-electron chi connectivity index (χ2n) is 4.23. The van der Waals surface area contributed by atoms with Gasteiger partial charge >= 0.3 is 0 Å². The van der Waals surface area contributed by atoms with Gasteiger partial charge in [-0.15, -0.1) is 0 Å². The molecule has 4 nitrogen and oxygen atoms in total. The number of hydrogen-bond donors (Lipinski definition) is 1. The van der Waals surface area contributed by atoms with E-state index in [4.69, 9.17) is 0 Å². The number of halogens is 1. The third-order valence-corrected chi connectivity index (χ3v) is 4.34. The summed E-state index contributed by atoms with van der Waals surface area (Å²) in [5, 5.41) is 3.15. The van der Waals surface area contributed by atoms with E-state index in [9.17, 15) is 12.8 Å². The first-order valence-corrected chi connectivity index (χ1v) is 7.25. The number of benzene rings is 1. The molecule has 1 aromatic carbocycles. The standard InChI is InChI=1S/C12H19FN2O2S/c1-4-7-14-9-10-5-6-11(13)12(8-10)18(16,17)15(2)3/h5-6,8,14H,4,7,9H2,1-3H3. The molecule has 0 radical (unpaired) electrons. The van der Waals surface area contributed by atoms with Crippen molar-refractivity contribution in [2.45, 2.75) is 24.8 Å². The van der Waals surface area contributed by atoms with Crippen molar-refractivity contribution in [2.24, 2.45) is 0 Å². The van der Waals surface area contributed by atoms with Crippen molar-refractivity contribution in [3.8, 4) is 0 Å². The normalized spacial score (nSPS) is 12.1. The summed E-state index contributed by atoms with van der Waals surface area (Å²) in [4.78, 5) is -0.275. The van der Waals surface area contributed by atoms with Crippen LogP contribution in [0, 0.1) is 5.82 Å². The molecule has 6 heteroatoms. The highest BCUT2D eigenvalue weighted by Crippen LogP contribution is 2.19. The zero-order chi connectivity index (χ0) is 13.8. The van der Waals surface area contributed by atoms with Crippen molar-refractivity contribution in [3.05, 3.63) is 29.6 Å². The van der Waals surface area contributed by atoms with Crippen LogP contribution in [-0.4, -0.2) is 33.4 Å². The van der Waals surface area contributed by atoms with Gasteiger partial charge in [-0.3, -0.25) is 0 Å². The Labute approximate surface area is 108 Å². The summed E-state index contributed by atoms with van der Waals surface area (Å²) >= 11 is 0. The molecule has 0 atom stereocenters. The fraction of sp³-hybridized carbons (Fsp3) is 0.500. The highest BCUT2D eigenvalue weighted by Gasteiger charge is 2.21. The van der Waals surface area contributed by atoms with Gasteiger partial charge in [-0.25, -0.2) is 17.1 Å². The van der Waals surface area contributed by atoms with Crippen LogP contribution in [0.3, 0.4) is 0 Å². The van der Waals surface area contributed by atoms with E-state index < -0.39 is 15.8 Å². The molecule has 0 aliphatic heterocycles. The van der Waals surface area contributed by atoms with Crippen molar-refractivity contribution in [1.82, 2.24) is 9.62 Å². The van der Waals surface area contributed by atoms with Gasteiger partial charge in [-0.1, -0.05) is 13.0 Å². The van der Waals surface area contributed by atoms with E-state index in [-0.39, 0.29) is 4.90 Å². The van der Waals surface area contributed by atoms with Gasteiger partial charge in [0.2, 0.25) is 10.0 Å². The lowest BCUT2D eigenvalue weighted by Gasteiger charge is -2.13. The van der Waals surface area contributed by atoms with Crippen LogP contribution in [0.25, 0.3) is 0 Å². The molecule has 1 rings (SSSR count). The zero-order valence-corrected chi connectivity index (χ0v) is 11.7. The first kappa shape index (κ1) is 15.1. The minimum absolute atomic E-state index is 0.275. The van der Waals surface area contributed by atoms with Gasteiger partial charge in [0.15, 0.2) is 0 Å². The maximum Gasteiger partial charge on any atom is 0.245 e. The number of nitrogens with zero attached hydrogens (tertiary/aromatic N) is 1. The Hall–Kier alpha value is -0.980. The lowest BCUT2D eigenvalue weighted by atomic mass is 10.2. The second-order valence-corrected chi connectivity index (χ2v) is 6.35. The summed E-state index contributed by atoms with van der Waals surface area (Å²) in [6.07, 6.45) is 0.990. The van der Waals surface area contributed by atoms with Crippen molar-refractivity contribution in [2.75, 3.05) is 20.6 Å². The molecular weight excluding hydrogens is 255 g/mol. The molecule has 0 amide bonds. The van der Waals surface area contributed by atoms with Crippen molar-refractivity contribution < 1.29 is 12.8 Å². The molecular formula is C12H19FN2O2S. The van der Waals surface area contributed by atoms with E-state index in [1.54, 1.807) is 6.07 Å². The molecule has 0 spiro atoms. The van der Waals surface area contributed by atoms with Crippen LogP contribution < -0.4 is 5.32 Å². The van der Waals surface area contributed by atoms with Crippen molar-refractivity contribution in [3.63, 3.8) is 0 Å². The molecule has 0 aliphatic rings. The van der Waals surface area contributed by atoms with Crippen LogP contribution in [0.5, 0.6) is 0 Å². The quantitative estimate of drug-likeness (QED) is 0.801. The van der Waals surface area contributed by atoms with Gasteiger partial charge in [-0.05, 0) is 30.7 Å². The zero-order valence-electron chi connectivity index (χ0n) is 10.9. The monoisotopic (exact) mass is 274 g/mol. The summed E-state index contributed by atoms with van der Waals surface area (Å²) in [6.45, 7) is 3.41. The van der Waals surface area contributed by atoms with E-state index >= 15 is 0 Å². The highest BCUT2D eigenvalue weighted by atomic mass is 32.2. The summed E-state index contributed by atoms with van der Waals surface area (Å²) in [6, 6.07) is 4.17. The summed E-state index contributed by atoms with van der Waals surface area (Å²) < 4.78 is 38.4. The third-order valence-electron chi connectivity index (χ3n) is 2.51. The van der Waals surface area contributed by atoms with Crippen molar-refractivity contribution in [1.29, 1.82) is 0 Å². The Bertz CT molecular complexity index is 501. The van der Waals surface area contributed by atoms with Crippen LogP contribution in [0.1, 0.15) is 18.9 Å². The minimum Gasteiger partial charge on any atom is -0.313 e. The topological polar surface area (TPSA) is 49.4 Å². The van der Waals surface area contributed by atoms with E-state index in [1.807, 2.05) is 6.92 Å². The molecule has 0 bridgehead atoms. The van der Waals surface area contributed by atoms with E-state index in [2.05, 4.69) is 5.32 Å². The molecule has 0 unspecified atom stereocenters. The predicted molar refractivity (Wildman–Crippen MR) is 69.3 cm³/mol. The van der Waals surface area contributed by atoms with Gasteiger partial charge in [0.25, 0.3) is 0 Å². The molecule has 1 aromatic rings. The summed E-state index contributed by atoms with van der Waals surface area (Å²) in [7, 11) is -0.959. The largest absolute Gasteiger partial charge is 0.313 e. The summed E-state index contributed by atoms with van der Waals surface area (Å²) in [5.41, 5.74) is 0.755. The molecule has 18 heavy (non-hydrogen) atoms. The fourth-order valence-corrected chi connectivity index (χ4v) is 2.47. The average molecular weight is 274 g/mol. The van der Waals surface area contributed by atoms with Gasteiger partial charge in [0.05, 0.1) is 0 Å². The third kappa shape index (κ3) is 3.51. The van der Waals surface area contributed by atoms with Gasteiger partial charge < -0.3 is 5.32 Å². The molecule has 0 heterocycles. The second kappa shape index (κ2) is 6.26. The molecule has 0 fully saturated rings. The van der Waals surface area contributed by atoms with E-state index in [0.717, 1.165) is 22.8 Å². The number of hydrogen-bond acceptors (Lipinski definition) is 3. The molecule has 0 saturated heterocycles. The minimum atomic E-state index is -3.73. The van der Waals surface area contributed by atoms with Crippen LogP contribution in [0.2, 0.25) is 0 Å². The smallest absolute Gasteiger partial charge is 0.245 e. The van der Waals surface area contributed by atoms with Gasteiger partial charge in [0, 0.05) is 20.6 Å². The molecule has 0 aromatic heterocycles. The van der Waals surface area contributed by atoms with Gasteiger partial charge in [-0.2, -0.15) is 0 Å². The Kier molecular flexibility index (Phi) is 5.25. The number of nitrogens with one attached hydrogen (secondary N) is 1. The maximum atomic E-state index is 13.6. The first-order chi connectivity index (χ1) is 8.39. The maximum absolute atomic E-state index is 13.6. The number of rotatable bonds is 6. The Morgan fingerprint density at radius 3 is 2.56 bits per heavy atom. The van der Waals surface area contributed by atoms with Crippen LogP contribution in [0.15, 0.2) is 23.1 Å². The number of sulfonamides is 1. The van der Waals surface area contributed by atoms with Crippen LogP contribution >= 0.6 is 0 Å². The SMILES string of the molecule is CCCNCc1ccc(F)c(S(=O)(=O)N(C)C)c1. The fourth-order valence-electron chi connectivity index (χ4n) is 1.46. The molecule has 102 valence electrons. The molecule has 0 saturated carbocycles. The van der Waals surface area contributed by atoms with Crippen LogP contribution in [0.4, 0.5) is 4.39 Å². The Morgan fingerprint density at radius 1 is 1.33 bits per heavy atom. The predicted octanol–water partition coefficient (Wildman–Crippen LogP) is 1.58. The Balaban J connectivity index is 3.02. The van der Waals surface area contributed by atoms with E-state index in [1.165, 1.54) is 26.2 Å². The van der Waals surface area contributed by atoms with E-state index in [0.29, 0.717) is 6.54 Å². The molecule has 1 N–H and O–H groups in total. The lowest BCUT2D eigenvalue weighted by molar-refractivity contribution is 0.507. The van der Waals surface area contributed by atoms with Gasteiger partial charge in [0.1, 0.15) is 10.7 Å². The Morgan fingerprint density at radius 2 is 2.00 bits per heavy atom. The lowest BCUT2D eigenvalue weighted by Crippen LogP contribution is -2.23. The highest BCUT2D eigenvalue weighted by molar-refractivity contribution is 7.89. The van der Waals surface area contributed by atoms with Crippen molar-refractivity contribution >= 4 is 10.0 Å². The summed E-state index contributed by atoms with van der Waals surface area (Å²) in [5.74, 6) is -0.719. The average Bonchev–Trinajstić information content (AvgIpc) is 2.31.